The third-order valence-corrected chi connectivity index (χ3v) is 5.72. The van der Waals surface area contributed by atoms with Crippen LogP contribution in [-0.4, -0.2) is 42.6 Å². The highest BCUT2D eigenvalue weighted by molar-refractivity contribution is 5.92. The first-order valence-corrected chi connectivity index (χ1v) is 9.74. The largest absolute Gasteiger partial charge is 0.444 e. The molecule has 5 rings (SSSR count). The third-order valence-electron chi connectivity index (χ3n) is 5.72. The van der Waals surface area contributed by atoms with Crippen LogP contribution in [0, 0.1) is 5.92 Å². The van der Waals surface area contributed by atoms with E-state index < -0.39 is 5.91 Å². The number of nitrogens with two attached hydrogens (primary N) is 1. The van der Waals surface area contributed by atoms with E-state index in [4.69, 9.17) is 10.5 Å². The van der Waals surface area contributed by atoms with Crippen molar-refractivity contribution in [1.82, 2.24) is 4.90 Å². The van der Waals surface area contributed by atoms with Crippen molar-refractivity contribution < 1.29 is 14.3 Å². The number of carbonyl (C=O) groups is 2. The summed E-state index contributed by atoms with van der Waals surface area (Å²) < 4.78 is 5.95. The number of primary amides is 1. The fourth-order valence-electron chi connectivity index (χ4n) is 4.06. The molecular weight excluding hydrogens is 354 g/mol. The number of amides is 2. The van der Waals surface area contributed by atoms with Crippen molar-refractivity contribution in [2.24, 2.45) is 11.7 Å². The molecule has 0 saturated carbocycles. The molecule has 2 N–H and O–H groups in total. The SMILES string of the molecule is NC(=O)c1ccc(CN(C(=O)OC2CN3CCC2CC3)c2ccccc2)cc1. The molecule has 2 amide bonds. The minimum absolute atomic E-state index is 0.0431. The second-order valence-corrected chi connectivity index (χ2v) is 7.54. The van der Waals surface area contributed by atoms with Gasteiger partial charge in [0.1, 0.15) is 6.10 Å². The van der Waals surface area contributed by atoms with Gasteiger partial charge in [0.25, 0.3) is 0 Å². The fourth-order valence-corrected chi connectivity index (χ4v) is 4.06. The molecule has 1 unspecified atom stereocenters. The topological polar surface area (TPSA) is 75.9 Å². The predicted molar refractivity (Wildman–Crippen MR) is 107 cm³/mol. The van der Waals surface area contributed by atoms with E-state index in [1.165, 1.54) is 0 Å². The summed E-state index contributed by atoms with van der Waals surface area (Å²) in [4.78, 5) is 28.4. The molecular formula is C22H25N3O3. The number of carbonyl (C=O) groups excluding carboxylic acids is 2. The van der Waals surface area contributed by atoms with Crippen LogP contribution in [0.4, 0.5) is 10.5 Å². The average molecular weight is 379 g/mol. The number of piperidine rings is 3. The summed E-state index contributed by atoms with van der Waals surface area (Å²) in [5.74, 6) is -0.00495. The van der Waals surface area contributed by atoms with Crippen molar-refractivity contribution in [1.29, 1.82) is 0 Å². The number of nitrogens with zero attached hydrogens (tertiary/aromatic N) is 2. The van der Waals surface area contributed by atoms with Crippen molar-refractivity contribution in [3.8, 4) is 0 Å². The van der Waals surface area contributed by atoms with Gasteiger partial charge in [0, 0.05) is 17.8 Å². The Morgan fingerprint density at radius 3 is 2.29 bits per heavy atom. The van der Waals surface area contributed by atoms with Gasteiger partial charge in [0.15, 0.2) is 0 Å². The van der Waals surface area contributed by atoms with E-state index in [0.717, 1.165) is 43.7 Å². The lowest BCUT2D eigenvalue weighted by atomic mass is 9.86. The highest BCUT2D eigenvalue weighted by Crippen LogP contribution is 2.30. The van der Waals surface area contributed by atoms with Gasteiger partial charge in [-0.1, -0.05) is 30.3 Å². The molecule has 6 heteroatoms. The molecule has 3 saturated heterocycles. The quantitative estimate of drug-likeness (QED) is 0.866. The maximum Gasteiger partial charge on any atom is 0.414 e. The number of ether oxygens (including phenoxy) is 1. The number of para-hydroxylation sites is 1. The molecule has 2 aromatic carbocycles. The Hall–Kier alpha value is -2.86. The molecule has 3 fully saturated rings. The van der Waals surface area contributed by atoms with E-state index in [0.29, 0.717) is 18.0 Å². The summed E-state index contributed by atoms with van der Waals surface area (Å²) in [6.07, 6.45) is 1.82. The smallest absolute Gasteiger partial charge is 0.414 e. The zero-order valence-corrected chi connectivity index (χ0v) is 15.8. The van der Waals surface area contributed by atoms with Crippen molar-refractivity contribution in [3.05, 3.63) is 65.7 Å². The van der Waals surface area contributed by atoms with Gasteiger partial charge < -0.3 is 10.5 Å². The minimum Gasteiger partial charge on any atom is -0.444 e. The normalized spacial score (nSPS) is 23.2. The van der Waals surface area contributed by atoms with Crippen LogP contribution in [0.1, 0.15) is 28.8 Å². The molecule has 0 spiro atoms. The fraction of sp³-hybridized carbons (Fsp3) is 0.364. The highest BCUT2D eigenvalue weighted by atomic mass is 16.6. The van der Waals surface area contributed by atoms with Crippen LogP contribution in [0.5, 0.6) is 0 Å². The Morgan fingerprint density at radius 1 is 1.04 bits per heavy atom. The Balaban J connectivity index is 1.52. The summed E-state index contributed by atoms with van der Waals surface area (Å²) >= 11 is 0. The van der Waals surface area contributed by atoms with E-state index in [1.54, 1.807) is 17.0 Å². The van der Waals surface area contributed by atoms with E-state index in [2.05, 4.69) is 4.90 Å². The number of hydrogen-bond acceptors (Lipinski definition) is 4. The Labute approximate surface area is 164 Å². The molecule has 6 nitrogen and oxygen atoms in total. The minimum atomic E-state index is -0.465. The molecule has 3 aliphatic heterocycles. The van der Waals surface area contributed by atoms with Crippen LogP contribution >= 0.6 is 0 Å². The number of anilines is 1. The first-order chi connectivity index (χ1) is 13.6. The van der Waals surface area contributed by atoms with Crippen LogP contribution in [0.25, 0.3) is 0 Å². The molecule has 0 aromatic heterocycles. The molecule has 146 valence electrons. The molecule has 1 atom stereocenters. The first kappa shape index (κ1) is 18.5. The lowest BCUT2D eigenvalue weighted by Gasteiger charge is -2.44. The zero-order chi connectivity index (χ0) is 19.5. The number of fused-ring (bicyclic) bond motifs is 3. The maximum atomic E-state index is 13.1. The molecule has 2 bridgehead atoms. The van der Waals surface area contributed by atoms with Crippen LogP contribution in [-0.2, 0) is 11.3 Å². The third kappa shape index (κ3) is 4.02. The number of hydrogen-bond donors (Lipinski definition) is 1. The van der Waals surface area contributed by atoms with E-state index in [-0.39, 0.29) is 12.2 Å². The maximum absolute atomic E-state index is 13.1. The standard InChI is InChI=1S/C22H25N3O3/c23-21(26)18-8-6-16(7-9-18)14-25(19-4-2-1-3-5-19)22(27)28-20-15-24-12-10-17(20)11-13-24/h1-9,17,20H,10-15H2,(H2,23,26). The van der Waals surface area contributed by atoms with Crippen LogP contribution in [0.15, 0.2) is 54.6 Å². The summed E-state index contributed by atoms with van der Waals surface area (Å²) in [6.45, 7) is 3.40. The lowest BCUT2D eigenvalue weighted by molar-refractivity contribution is -0.0311. The van der Waals surface area contributed by atoms with E-state index in [1.807, 2.05) is 42.5 Å². The van der Waals surface area contributed by atoms with Crippen LogP contribution in [0.2, 0.25) is 0 Å². The Morgan fingerprint density at radius 2 is 1.71 bits per heavy atom. The summed E-state index contributed by atoms with van der Waals surface area (Å²) in [7, 11) is 0. The van der Waals surface area contributed by atoms with Gasteiger partial charge in [-0.3, -0.25) is 14.6 Å². The van der Waals surface area contributed by atoms with Crippen molar-refractivity contribution >= 4 is 17.7 Å². The molecule has 28 heavy (non-hydrogen) atoms. The Kier molecular flexibility index (Phi) is 5.30. The molecule has 3 aliphatic rings. The predicted octanol–water partition coefficient (Wildman–Crippen LogP) is 3.02. The van der Waals surface area contributed by atoms with Gasteiger partial charge in [-0.15, -0.1) is 0 Å². The van der Waals surface area contributed by atoms with Crippen LogP contribution < -0.4 is 10.6 Å². The average Bonchev–Trinajstić information content (AvgIpc) is 2.74. The second-order valence-electron chi connectivity index (χ2n) is 7.54. The summed E-state index contributed by atoms with van der Waals surface area (Å²) in [5, 5.41) is 0. The van der Waals surface area contributed by atoms with Gasteiger partial charge in [-0.05, 0) is 61.7 Å². The van der Waals surface area contributed by atoms with Crippen molar-refractivity contribution in [3.63, 3.8) is 0 Å². The van der Waals surface area contributed by atoms with Crippen molar-refractivity contribution in [2.45, 2.75) is 25.5 Å². The van der Waals surface area contributed by atoms with E-state index in [9.17, 15) is 9.59 Å². The van der Waals surface area contributed by atoms with E-state index >= 15 is 0 Å². The van der Waals surface area contributed by atoms with Gasteiger partial charge >= 0.3 is 6.09 Å². The Bertz CT molecular complexity index is 830. The zero-order valence-electron chi connectivity index (χ0n) is 15.8. The van der Waals surface area contributed by atoms with Gasteiger partial charge in [-0.2, -0.15) is 0 Å². The molecule has 0 radical (unpaired) electrons. The molecule has 0 aliphatic carbocycles. The van der Waals surface area contributed by atoms with Crippen molar-refractivity contribution in [2.75, 3.05) is 24.5 Å². The lowest BCUT2D eigenvalue weighted by Crippen LogP contribution is -2.53. The summed E-state index contributed by atoms with van der Waals surface area (Å²) in [5.41, 5.74) is 7.45. The van der Waals surface area contributed by atoms with Crippen LogP contribution in [0.3, 0.4) is 0 Å². The number of benzene rings is 2. The highest BCUT2D eigenvalue weighted by Gasteiger charge is 2.37. The van der Waals surface area contributed by atoms with Gasteiger partial charge in [0.05, 0.1) is 6.54 Å². The van der Waals surface area contributed by atoms with Gasteiger partial charge in [0.2, 0.25) is 5.91 Å². The monoisotopic (exact) mass is 379 g/mol. The number of rotatable bonds is 5. The summed E-state index contributed by atoms with van der Waals surface area (Å²) in [6, 6.07) is 16.5. The van der Waals surface area contributed by atoms with Gasteiger partial charge in [-0.25, -0.2) is 4.79 Å². The first-order valence-electron chi connectivity index (χ1n) is 9.74. The molecule has 2 aromatic rings. The second kappa shape index (κ2) is 8.02. The molecule has 3 heterocycles.